The number of benzene rings is 2. The third kappa shape index (κ3) is 2.51. The van der Waals surface area contributed by atoms with Crippen LogP contribution in [0.15, 0.2) is 109 Å². The van der Waals surface area contributed by atoms with Gasteiger partial charge in [0.2, 0.25) is 0 Å². The summed E-state index contributed by atoms with van der Waals surface area (Å²) in [7, 11) is 0. The Morgan fingerprint density at radius 1 is 0.778 bits per heavy atom. The van der Waals surface area contributed by atoms with Crippen LogP contribution in [0, 0.1) is 11.3 Å². The topological polar surface area (TPSA) is 0 Å². The molecule has 1 atom stereocenters. The molecule has 0 fully saturated rings. The van der Waals surface area contributed by atoms with Gasteiger partial charge in [0.1, 0.15) is 0 Å². The molecule has 0 aliphatic heterocycles. The highest BCUT2D eigenvalue weighted by Crippen LogP contribution is 2.61. The molecule has 0 radical (unpaired) electrons. The first kappa shape index (κ1) is 17.8. The molecule has 0 bridgehead atoms. The zero-order valence-electron chi connectivity index (χ0n) is 16.3. The first-order chi connectivity index (χ1) is 13.3. The Bertz CT molecular complexity index is 844. The lowest BCUT2D eigenvalue weighted by molar-refractivity contribution is 0.219. The molecule has 0 N–H and O–H groups in total. The van der Waals surface area contributed by atoms with Gasteiger partial charge in [0.05, 0.1) is 0 Å². The second kappa shape index (κ2) is 7.19. The third-order valence-corrected chi connectivity index (χ3v) is 6.60. The molecule has 2 aliphatic rings. The lowest BCUT2D eigenvalue weighted by Crippen LogP contribution is -2.50. The van der Waals surface area contributed by atoms with Crippen LogP contribution in [0.25, 0.3) is 0 Å². The van der Waals surface area contributed by atoms with Gasteiger partial charge >= 0.3 is 0 Å². The largest absolute Gasteiger partial charge is 0.0763 e. The van der Waals surface area contributed by atoms with Gasteiger partial charge < -0.3 is 0 Å². The quantitative estimate of drug-likeness (QED) is 0.524. The zero-order valence-corrected chi connectivity index (χ0v) is 16.3. The Labute approximate surface area is 163 Å². The van der Waals surface area contributed by atoms with Gasteiger partial charge in [-0.1, -0.05) is 123 Å². The van der Waals surface area contributed by atoms with Crippen LogP contribution in [0.4, 0.5) is 0 Å². The van der Waals surface area contributed by atoms with Crippen LogP contribution in [-0.2, 0) is 5.41 Å². The summed E-state index contributed by atoms with van der Waals surface area (Å²) in [6, 6.07) is 22.3. The van der Waals surface area contributed by atoms with E-state index < -0.39 is 0 Å². The van der Waals surface area contributed by atoms with Crippen LogP contribution in [0.2, 0.25) is 0 Å². The lowest BCUT2D eigenvalue weighted by Gasteiger charge is -2.53. The Hall–Kier alpha value is -2.60. The van der Waals surface area contributed by atoms with Crippen molar-refractivity contribution in [3.63, 3.8) is 0 Å². The van der Waals surface area contributed by atoms with Crippen LogP contribution in [0.1, 0.15) is 37.8 Å². The van der Waals surface area contributed by atoms with E-state index in [1.54, 1.807) is 0 Å². The predicted molar refractivity (Wildman–Crippen MR) is 116 cm³/mol. The van der Waals surface area contributed by atoms with Crippen molar-refractivity contribution in [3.8, 4) is 0 Å². The second-order valence-corrected chi connectivity index (χ2v) is 7.57. The molecule has 2 aromatic rings. The second-order valence-electron chi connectivity index (χ2n) is 7.57. The zero-order chi connectivity index (χ0) is 18.7. The van der Waals surface area contributed by atoms with Crippen LogP contribution in [0.5, 0.6) is 0 Å². The van der Waals surface area contributed by atoms with Crippen molar-refractivity contribution >= 4 is 0 Å². The number of hydrogen-bond acceptors (Lipinski definition) is 0. The number of allylic oxidation sites excluding steroid dienone is 8. The predicted octanol–water partition coefficient (Wildman–Crippen LogP) is 7.02. The molecule has 0 heterocycles. The molecule has 0 saturated heterocycles. The van der Waals surface area contributed by atoms with Gasteiger partial charge in [0.15, 0.2) is 0 Å². The van der Waals surface area contributed by atoms with Crippen LogP contribution < -0.4 is 0 Å². The van der Waals surface area contributed by atoms with Gasteiger partial charge in [-0.05, 0) is 24.0 Å². The molecule has 0 heteroatoms. The number of rotatable bonds is 6. The molecule has 4 rings (SSSR count). The average Bonchev–Trinajstić information content (AvgIpc) is 3.41. The standard InChI is InChI=1S/C27H28/c1-3-22-20-13-21-26(22,4-2)27(25-18-11-12-19-25,23-14-7-5-8-15-23)24-16-9-6-10-17-24/h5-21,25H,3-4H2,1-2H3. The van der Waals surface area contributed by atoms with Crippen molar-refractivity contribution in [3.05, 3.63) is 120 Å². The van der Waals surface area contributed by atoms with Gasteiger partial charge in [0, 0.05) is 16.7 Å². The van der Waals surface area contributed by atoms with Crippen LogP contribution >= 0.6 is 0 Å². The van der Waals surface area contributed by atoms with Crippen molar-refractivity contribution in [2.75, 3.05) is 0 Å². The molecular weight excluding hydrogens is 324 g/mol. The van der Waals surface area contributed by atoms with E-state index in [1.165, 1.54) is 16.7 Å². The average molecular weight is 353 g/mol. The van der Waals surface area contributed by atoms with Gasteiger partial charge in [-0.25, -0.2) is 0 Å². The molecule has 2 aliphatic carbocycles. The SMILES string of the molecule is CCC1=CC=CC1(CC)C(c1ccccc1)(c1ccccc1)C1C=CC=C1. The Balaban J connectivity index is 2.12. The molecular formula is C27H28. The molecule has 0 aromatic heterocycles. The minimum Gasteiger partial charge on any atom is -0.0763 e. The molecule has 27 heavy (non-hydrogen) atoms. The van der Waals surface area contributed by atoms with Crippen LogP contribution in [0.3, 0.4) is 0 Å². The van der Waals surface area contributed by atoms with E-state index in [0.29, 0.717) is 5.92 Å². The third-order valence-electron chi connectivity index (χ3n) is 6.60. The molecule has 0 saturated carbocycles. The van der Waals surface area contributed by atoms with E-state index in [2.05, 4.69) is 117 Å². The summed E-state index contributed by atoms with van der Waals surface area (Å²) in [6.07, 6.45) is 18.5. The van der Waals surface area contributed by atoms with Crippen LogP contribution in [-0.4, -0.2) is 0 Å². The maximum atomic E-state index is 2.48. The highest BCUT2D eigenvalue weighted by Gasteiger charge is 2.56. The van der Waals surface area contributed by atoms with E-state index in [4.69, 9.17) is 0 Å². The van der Waals surface area contributed by atoms with Gasteiger partial charge in [-0.2, -0.15) is 0 Å². The fourth-order valence-corrected chi connectivity index (χ4v) is 5.51. The normalized spacial score (nSPS) is 21.8. The molecule has 0 amide bonds. The van der Waals surface area contributed by atoms with E-state index in [0.717, 1.165) is 12.8 Å². The highest BCUT2D eigenvalue weighted by molar-refractivity contribution is 5.55. The summed E-state index contributed by atoms with van der Waals surface area (Å²) in [4.78, 5) is 0. The number of hydrogen-bond donors (Lipinski definition) is 0. The molecule has 1 unspecified atom stereocenters. The Morgan fingerprint density at radius 2 is 1.33 bits per heavy atom. The Morgan fingerprint density at radius 3 is 1.81 bits per heavy atom. The highest BCUT2D eigenvalue weighted by atomic mass is 14.6. The fraction of sp³-hybridized carbons (Fsp3) is 0.259. The first-order valence-corrected chi connectivity index (χ1v) is 10.1. The van der Waals surface area contributed by atoms with Gasteiger partial charge in [-0.3, -0.25) is 0 Å². The van der Waals surface area contributed by atoms with Gasteiger partial charge in [-0.15, -0.1) is 0 Å². The summed E-state index contributed by atoms with van der Waals surface area (Å²) >= 11 is 0. The lowest BCUT2D eigenvalue weighted by atomic mass is 9.48. The van der Waals surface area contributed by atoms with E-state index in [1.807, 2.05) is 0 Å². The maximum absolute atomic E-state index is 2.48. The minimum atomic E-state index is -0.164. The molecule has 0 nitrogen and oxygen atoms in total. The summed E-state index contributed by atoms with van der Waals surface area (Å²) in [5.41, 5.74) is 4.12. The summed E-state index contributed by atoms with van der Waals surface area (Å²) in [5.74, 6) is 0.319. The minimum absolute atomic E-state index is 0.0336. The van der Waals surface area contributed by atoms with Crippen molar-refractivity contribution < 1.29 is 0 Å². The first-order valence-electron chi connectivity index (χ1n) is 10.1. The van der Waals surface area contributed by atoms with Gasteiger partial charge in [0.25, 0.3) is 0 Å². The van der Waals surface area contributed by atoms with Crippen molar-refractivity contribution in [2.24, 2.45) is 11.3 Å². The maximum Gasteiger partial charge on any atom is 0.0428 e. The molecule has 2 aromatic carbocycles. The molecule has 0 spiro atoms. The monoisotopic (exact) mass is 352 g/mol. The van der Waals surface area contributed by atoms with Crippen molar-refractivity contribution in [1.29, 1.82) is 0 Å². The van der Waals surface area contributed by atoms with Crippen molar-refractivity contribution in [1.82, 2.24) is 0 Å². The van der Waals surface area contributed by atoms with E-state index in [9.17, 15) is 0 Å². The van der Waals surface area contributed by atoms with Crippen molar-refractivity contribution in [2.45, 2.75) is 32.1 Å². The smallest absolute Gasteiger partial charge is 0.0428 e. The molecule has 136 valence electrons. The van der Waals surface area contributed by atoms with E-state index in [-0.39, 0.29) is 10.8 Å². The van der Waals surface area contributed by atoms with E-state index >= 15 is 0 Å². The summed E-state index contributed by atoms with van der Waals surface area (Å²) in [6.45, 7) is 4.65. The Kier molecular flexibility index (Phi) is 4.74. The summed E-state index contributed by atoms with van der Waals surface area (Å²) in [5, 5.41) is 0. The summed E-state index contributed by atoms with van der Waals surface area (Å²) < 4.78 is 0. The fourth-order valence-electron chi connectivity index (χ4n) is 5.51.